The zero-order valence-corrected chi connectivity index (χ0v) is 7.15. The summed E-state index contributed by atoms with van der Waals surface area (Å²) in [5.41, 5.74) is 2.29. The maximum absolute atomic E-state index is 2.46. The van der Waals surface area contributed by atoms with Gasteiger partial charge in [0.1, 0.15) is 0 Å². The van der Waals surface area contributed by atoms with Gasteiger partial charge in [-0.3, -0.25) is 0 Å². The Kier molecular flexibility index (Phi) is 1.07. The minimum absolute atomic E-state index is 0.567. The fraction of sp³-hybridized carbons (Fsp3) is 0.800. The Morgan fingerprint density at radius 1 is 1.50 bits per heavy atom. The lowest BCUT2D eigenvalue weighted by molar-refractivity contribution is 0.0870. The first kappa shape index (κ1) is 6.45. The van der Waals surface area contributed by atoms with Gasteiger partial charge < -0.3 is 0 Å². The predicted octanol–water partition coefficient (Wildman–Crippen LogP) is 3.00. The summed E-state index contributed by atoms with van der Waals surface area (Å²) in [6.07, 6.45) is 5.20. The molecule has 0 aliphatic heterocycles. The van der Waals surface area contributed by atoms with Gasteiger partial charge in [-0.1, -0.05) is 32.4 Å². The van der Waals surface area contributed by atoms with Crippen LogP contribution in [0.1, 0.15) is 33.6 Å². The molecule has 2 atom stereocenters. The monoisotopic (exact) mass is 136 g/mol. The summed E-state index contributed by atoms with van der Waals surface area (Å²) in [7, 11) is 0. The van der Waals surface area contributed by atoms with Gasteiger partial charge in [0.25, 0.3) is 0 Å². The molecule has 3 rings (SSSR count). The lowest BCUT2D eigenvalue weighted by Gasteiger charge is -2.54. The van der Waals surface area contributed by atoms with Gasteiger partial charge in [0, 0.05) is 0 Å². The molecule has 0 unspecified atom stereocenters. The molecule has 0 nitrogen and oxygen atoms in total. The van der Waals surface area contributed by atoms with Gasteiger partial charge >= 0.3 is 0 Å². The van der Waals surface area contributed by atoms with Crippen molar-refractivity contribution in [3.63, 3.8) is 0 Å². The molecule has 3 aliphatic rings. The first-order chi connectivity index (χ1) is 4.62. The lowest BCUT2D eigenvalue weighted by atomic mass is 9.51. The quantitative estimate of drug-likeness (QED) is 0.449. The van der Waals surface area contributed by atoms with Crippen molar-refractivity contribution in [3.05, 3.63) is 11.6 Å². The predicted molar refractivity (Wildman–Crippen MR) is 43.8 cm³/mol. The van der Waals surface area contributed by atoms with Crippen molar-refractivity contribution in [1.29, 1.82) is 0 Å². The van der Waals surface area contributed by atoms with E-state index in [1.807, 2.05) is 0 Å². The summed E-state index contributed by atoms with van der Waals surface area (Å²) in [5.74, 6) is 1.93. The van der Waals surface area contributed by atoms with Crippen LogP contribution in [0, 0.1) is 17.3 Å². The van der Waals surface area contributed by atoms with Crippen LogP contribution in [-0.2, 0) is 0 Å². The fourth-order valence-electron chi connectivity index (χ4n) is 2.61. The van der Waals surface area contributed by atoms with Crippen molar-refractivity contribution in [1.82, 2.24) is 0 Å². The minimum Gasteiger partial charge on any atom is -0.0845 e. The highest BCUT2D eigenvalue weighted by atomic mass is 14.5. The van der Waals surface area contributed by atoms with Crippen molar-refractivity contribution in [2.24, 2.45) is 17.3 Å². The smallest absolute Gasteiger partial charge is 0.0111 e. The van der Waals surface area contributed by atoms with Gasteiger partial charge in [-0.15, -0.1) is 0 Å². The van der Waals surface area contributed by atoms with E-state index < -0.39 is 0 Å². The topological polar surface area (TPSA) is 0 Å². The van der Waals surface area contributed by atoms with Crippen molar-refractivity contribution >= 4 is 0 Å². The standard InChI is InChI=1S/C10H16/c1-7-4-5-8-6-9(7)10(8,2)3/h5,7,9H,4,6H2,1-3H3/t7-,9+/m1/s1. The Bertz CT molecular complexity index is 186. The molecule has 0 aromatic heterocycles. The Morgan fingerprint density at radius 2 is 2.20 bits per heavy atom. The number of rotatable bonds is 0. The summed E-state index contributed by atoms with van der Waals surface area (Å²) < 4.78 is 0. The van der Waals surface area contributed by atoms with Crippen LogP contribution in [0.2, 0.25) is 0 Å². The molecule has 3 aliphatic carbocycles. The van der Waals surface area contributed by atoms with E-state index in [1.54, 1.807) is 5.57 Å². The second-order valence-electron chi connectivity index (χ2n) is 4.47. The molecule has 10 heavy (non-hydrogen) atoms. The molecule has 0 amide bonds. The molecular weight excluding hydrogens is 120 g/mol. The number of allylic oxidation sites excluding steroid dienone is 2. The average Bonchev–Trinajstić information content (AvgIpc) is 1.87. The first-order valence-electron chi connectivity index (χ1n) is 4.32. The van der Waals surface area contributed by atoms with Crippen molar-refractivity contribution in [3.8, 4) is 0 Å². The number of hydrogen-bond donors (Lipinski definition) is 0. The summed E-state index contributed by atoms with van der Waals surface area (Å²) in [6, 6.07) is 0. The van der Waals surface area contributed by atoms with Crippen LogP contribution in [0.25, 0.3) is 0 Å². The van der Waals surface area contributed by atoms with Gasteiger partial charge in [0.2, 0.25) is 0 Å². The molecule has 0 aromatic rings. The van der Waals surface area contributed by atoms with E-state index in [9.17, 15) is 0 Å². The van der Waals surface area contributed by atoms with E-state index in [0.717, 1.165) is 11.8 Å². The Hall–Kier alpha value is -0.260. The molecule has 0 radical (unpaired) electrons. The van der Waals surface area contributed by atoms with Crippen LogP contribution in [0.3, 0.4) is 0 Å². The molecule has 1 saturated carbocycles. The second kappa shape index (κ2) is 1.66. The van der Waals surface area contributed by atoms with E-state index in [4.69, 9.17) is 0 Å². The van der Waals surface area contributed by atoms with E-state index in [-0.39, 0.29) is 0 Å². The number of hydrogen-bond acceptors (Lipinski definition) is 0. The summed E-state index contributed by atoms with van der Waals surface area (Å²) in [4.78, 5) is 0. The normalized spacial score (nSPS) is 42.1. The van der Waals surface area contributed by atoms with Crippen molar-refractivity contribution in [2.75, 3.05) is 0 Å². The Balaban J connectivity index is 2.31. The van der Waals surface area contributed by atoms with Crippen LogP contribution in [-0.4, -0.2) is 0 Å². The van der Waals surface area contributed by atoms with E-state index in [1.165, 1.54) is 12.8 Å². The maximum Gasteiger partial charge on any atom is -0.0111 e. The molecule has 0 spiro atoms. The fourth-order valence-corrected chi connectivity index (χ4v) is 2.61. The summed E-state index contributed by atoms with van der Waals surface area (Å²) in [5, 5.41) is 0. The van der Waals surface area contributed by atoms with Gasteiger partial charge in [0.05, 0.1) is 0 Å². The van der Waals surface area contributed by atoms with Crippen molar-refractivity contribution < 1.29 is 0 Å². The third-order valence-electron chi connectivity index (χ3n) is 3.62. The van der Waals surface area contributed by atoms with Gasteiger partial charge in [-0.25, -0.2) is 0 Å². The molecule has 0 N–H and O–H groups in total. The van der Waals surface area contributed by atoms with E-state index in [0.29, 0.717) is 5.41 Å². The van der Waals surface area contributed by atoms with Crippen molar-refractivity contribution in [2.45, 2.75) is 33.6 Å². The molecule has 0 aromatic carbocycles. The number of fused-ring (bicyclic) bond motifs is 2. The first-order valence-corrected chi connectivity index (χ1v) is 4.32. The van der Waals surface area contributed by atoms with Crippen LogP contribution in [0.4, 0.5) is 0 Å². The molecular formula is C10H16. The molecule has 2 bridgehead atoms. The average molecular weight is 136 g/mol. The summed E-state index contributed by atoms with van der Waals surface area (Å²) >= 11 is 0. The third kappa shape index (κ3) is 0.574. The van der Waals surface area contributed by atoms with Crippen LogP contribution in [0.15, 0.2) is 11.6 Å². The maximum atomic E-state index is 2.46. The van der Waals surface area contributed by atoms with Gasteiger partial charge in [0.15, 0.2) is 0 Å². The molecule has 56 valence electrons. The molecule has 0 saturated heterocycles. The Morgan fingerprint density at radius 3 is 2.50 bits per heavy atom. The second-order valence-corrected chi connectivity index (χ2v) is 4.47. The Labute approximate surface area is 63.3 Å². The van der Waals surface area contributed by atoms with Crippen LogP contribution >= 0.6 is 0 Å². The van der Waals surface area contributed by atoms with E-state index >= 15 is 0 Å². The molecule has 1 fully saturated rings. The van der Waals surface area contributed by atoms with Gasteiger partial charge in [-0.05, 0) is 30.1 Å². The molecule has 0 heteroatoms. The largest absolute Gasteiger partial charge is 0.0845 e. The summed E-state index contributed by atoms with van der Waals surface area (Å²) in [6.45, 7) is 7.17. The SMILES string of the molecule is C[C@@H]1CC=C2C[C@@H]1C2(C)C. The zero-order chi connectivity index (χ0) is 7.35. The third-order valence-corrected chi connectivity index (χ3v) is 3.62. The minimum atomic E-state index is 0.567. The molecule has 0 heterocycles. The highest BCUT2D eigenvalue weighted by Crippen LogP contribution is 2.58. The van der Waals surface area contributed by atoms with Gasteiger partial charge in [-0.2, -0.15) is 0 Å². The van der Waals surface area contributed by atoms with Crippen LogP contribution < -0.4 is 0 Å². The van der Waals surface area contributed by atoms with E-state index in [2.05, 4.69) is 26.8 Å². The highest BCUT2D eigenvalue weighted by molar-refractivity contribution is 5.28. The zero-order valence-electron chi connectivity index (χ0n) is 7.15. The van der Waals surface area contributed by atoms with Crippen LogP contribution in [0.5, 0.6) is 0 Å². The highest BCUT2D eigenvalue weighted by Gasteiger charge is 2.47. The lowest BCUT2D eigenvalue weighted by Crippen LogP contribution is -2.44.